The number of anilines is 1. The molecule has 20 heavy (non-hydrogen) atoms. The van der Waals surface area contributed by atoms with Gasteiger partial charge in [0, 0.05) is 5.56 Å². The molecule has 0 bridgehead atoms. The van der Waals surface area contributed by atoms with E-state index in [2.05, 4.69) is 15.4 Å². The number of benzene rings is 1. The van der Waals surface area contributed by atoms with Gasteiger partial charge in [-0.15, -0.1) is 0 Å². The van der Waals surface area contributed by atoms with Gasteiger partial charge in [0.15, 0.2) is 0 Å². The Morgan fingerprint density at radius 1 is 1.25 bits per heavy atom. The van der Waals surface area contributed by atoms with E-state index in [-0.39, 0.29) is 11.5 Å². The summed E-state index contributed by atoms with van der Waals surface area (Å²) >= 11 is 0. The van der Waals surface area contributed by atoms with Crippen molar-refractivity contribution in [2.24, 2.45) is 5.92 Å². The van der Waals surface area contributed by atoms with Gasteiger partial charge in [-0.1, -0.05) is 26.0 Å². The Morgan fingerprint density at radius 3 is 2.45 bits per heavy atom. The second-order valence-electron chi connectivity index (χ2n) is 4.49. The lowest BCUT2D eigenvalue weighted by molar-refractivity contribution is -0.119. The molecule has 1 rings (SSSR count). The van der Waals surface area contributed by atoms with Gasteiger partial charge < -0.3 is 15.4 Å². The molecule has 2 N–H and O–H groups in total. The number of amides is 2. The predicted molar refractivity (Wildman–Crippen MR) is 74.0 cm³/mol. The van der Waals surface area contributed by atoms with Gasteiger partial charge >= 0.3 is 6.09 Å². The number of alkyl carbamates (subject to hydrolysis) is 1. The maximum Gasteiger partial charge on any atom is 0.407 e. The smallest absolute Gasteiger partial charge is 0.407 e. The van der Waals surface area contributed by atoms with Gasteiger partial charge in [-0.25, -0.2) is 4.79 Å². The van der Waals surface area contributed by atoms with Crippen molar-refractivity contribution in [1.29, 1.82) is 0 Å². The Bertz CT molecular complexity index is 500. The summed E-state index contributed by atoms with van der Waals surface area (Å²) in [5, 5.41) is 5.05. The van der Waals surface area contributed by atoms with E-state index in [1.165, 1.54) is 7.11 Å². The van der Waals surface area contributed by atoms with Crippen LogP contribution in [-0.2, 0) is 14.3 Å². The van der Waals surface area contributed by atoms with Crippen LogP contribution in [0.15, 0.2) is 24.3 Å². The molecule has 0 aliphatic heterocycles. The van der Waals surface area contributed by atoms with Gasteiger partial charge in [0.25, 0.3) is 0 Å². The summed E-state index contributed by atoms with van der Waals surface area (Å²) in [6.07, 6.45) is 1.06. The summed E-state index contributed by atoms with van der Waals surface area (Å²) in [7, 11) is 1.22. The molecule has 0 saturated carbocycles. The maximum atomic E-state index is 12.2. The third-order valence-electron chi connectivity index (χ3n) is 2.70. The van der Waals surface area contributed by atoms with E-state index in [1.54, 1.807) is 44.4 Å². The van der Waals surface area contributed by atoms with Crippen LogP contribution in [0.1, 0.15) is 19.4 Å². The van der Waals surface area contributed by atoms with Crippen LogP contribution in [-0.4, -0.2) is 31.4 Å². The van der Waals surface area contributed by atoms with Crippen molar-refractivity contribution in [3.8, 4) is 0 Å². The van der Waals surface area contributed by atoms with Crippen LogP contribution in [0.3, 0.4) is 0 Å². The normalized spacial score (nSPS) is 11.6. The van der Waals surface area contributed by atoms with Crippen molar-refractivity contribution in [2.75, 3.05) is 12.4 Å². The molecule has 1 radical (unpaired) electrons. The monoisotopic (exact) mass is 277 g/mol. The number of carbonyl (C=O) groups excluding carboxylic acids is 3. The molecular formula is C14H17N2O4. The quantitative estimate of drug-likeness (QED) is 0.853. The Morgan fingerprint density at radius 2 is 1.90 bits per heavy atom. The fraction of sp³-hybridized carbons (Fsp3) is 0.357. The first-order valence-corrected chi connectivity index (χ1v) is 6.12. The molecular weight excluding hydrogens is 260 g/mol. The van der Waals surface area contributed by atoms with Gasteiger partial charge in [-0.2, -0.15) is 0 Å². The van der Waals surface area contributed by atoms with Gasteiger partial charge in [-0.05, 0) is 18.1 Å². The lowest BCUT2D eigenvalue weighted by Crippen LogP contribution is -2.47. The second kappa shape index (κ2) is 7.28. The van der Waals surface area contributed by atoms with Crippen molar-refractivity contribution in [3.05, 3.63) is 29.8 Å². The molecule has 1 aromatic rings. The van der Waals surface area contributed by atoms with Crippen LogP contribution in [0.2, 0.25) is 0 Å². The Hall–Kier alpha value is -2.37. The summed E-state index contributed by atoms with van der Waals surface area (Å²) < 4.78 is 4.48. The van der Waals surface area contributed by atoms with E-state index in [4.69, 9.17) is 0 Å². The van der Waals surface area contributed by atoms with Crippen molar-refractivity contribution >= 4 is 24.0 Å². The van der Waals surface area contributed by atoms with Crippen LogP contribution in [0.25, 0.3) is 0 Å². The Kier molecular flexibility index (Phi) is 5.71. The molecule has 1 aromatic carbocycles. The topological polar surface area (TPSA) is 84.5 Å². The highest BCUT2D eigenvalue weighted by Crippen LogP contribution is 2.14. The number of hydrogen-bond acceptors (Lipinski definition) is 4. The SMILES string of the molecule is COC(=O)N[C@H](C(=O)Nc1ccccc1[C]=O)C(C)C. The molecule has 0 spiro atoms. The Balaban J connectivity index is 2.85. The summed E-state index contributed by atoms with van der Waals surface area (Å²) in [5.74, 6) is -0.561. The van der Waals surface area contributed by atoms with Gasteiger partial charge in [0.05, 0.1) is 12.8 Å². The summed E-state index contributed by atoms with van der Waals surface area (Å²) in [6, 6.07) is 5.73. The van der Waals surface area contributed by atoms with Gasteiger partial charge in [0.2, 0.25) is 12.2 Å². The minimum absolute atomic E-state index is 0.138. The van der Waals surface area contributed by atoms with E-state index in [9.17, 15) is 14.4 Å². The molecule has 0 unspecified atom stereocenters. The summed E-state index contributed by atoms with van der Waals surface area (Å²) in [4.78, 5) is 34.2. The molecule has 0 saturated heterocycles. The molecule has 0 aromatic heterocycles. The number of carbonyl (C=O) groups is 2. The molecule has 0 fully saturated rings. The number of hydrogen-bond donors (Lipinski definition) is 2. The summed E-state index contributed by atoms with van der Waals surface area (Å²) in [5.41, 5.74) is 0.603. The molecule has 107 valence electrons. The van der Waals surface area contributed by atoms with Crippen LogP contribution in [0.5, 0.6) is 0 Å². The van der Waals surface area contributed by atoms with Crippen LogP contribution in [0.4, 0.5) is 10.5 Å². The van der Waals surface area contributed by atoms with Crippen LogP contribution in [0, 0.1) is 5.92 Å². The molecule has 1 atom stereocenters. The molecule has 6 heteroatoms. The van der Waals surface area contributed by atoms with E-state index < -0.39 is 18.0 Å². The van der Waals surface area contributed by atoms with E-state index >= 15 is 0 Å². The highest BCUT2D eigenvalue weighted by molar-refractivity contribution is 6.00. The minimum Gasteiger partial charge on any atom is -0.453 e. The lowest BCUT2D eigenvalue weighted by atomic mass is 10.0. The largest absolute Gasteiger partial charge is 0.453 e. The van der Waals surface area contributed by atoms with Gasteiger partial charge in [0.1, 0.15) is 6.04 Å². The van der Waals surface area contributed by atoms with Crippen LogP contribution >= 0.6 is 0 Å². The van der Waals surface area contributed by atoms with Crippen LogP contribution < -0.4 is 10.6 Å². The molecule has 6 nitrogen and oxygen atoms in total. The fourth-order valence-electron chi connectivity index (χ4n) is 1.61. The fourth-order valence-corrected chi connectivity index (χ4v) is 1.61. The van der Waals surface area contributed by atoms with Gasteiger partial charge in [-0.3, -0.25) is 9.59 Å². The summed E-state index contributed by atoms with van der Waals surface area (Å²) in [6.45, 7) is 3.58. The molecule has 0 aliphatic carbocycles. The van der Waals surface area contributed by atoms with Crippen molar-refractivity contribution in [1.82, 2.24) is 5.32 Å². The maximum absolute atomic E-state index is 12.2. The zero-order valence-corrected chi connectivity index (χ0v) is 11.6. The number of ether oxygens (including phenoxy) is 1. The van der Waals surface area contributed by atoms with Crippen molar-refractivity contribution in [3.63, 3.8) is 0 Å². The number of para-hydroxylation sites is 1. The lowest BCUT2D eigenvalue weighted by Gasteiger charge is -2.21. The number of methoxy groups -OCH3 is 1. The standard InChI is InChI=1S/C14H17N2O4/c1-9(2)12(16-14(19)20-3)13(18)15-11-7-5-4-6-10(11)8-17/h4-7,9,12H,1-3H3,(H,15,18)(H,16,19)/t12-/m0/s1. The molecule has 0 heterocycles. The third kappa shape index (κ3) is 4.08. The number of rotatable bonds is 5. The predicted octanol–water partition coefficient (Wildman–Crippen LogP) is 1.46. The first-order chi connectivity index (χ1) is 9.49. The average Bonchev–Trinajstić information content (AvgIpc) is 2.44. The average molecular weight is 277 g/mol. The zero-order chi connectivity index (χ0) is 15.1. The highest BCUT2D eigenvalue weighted by Gasteiger charge is 2.25. The Labute approximate surface area is 117 Å². The minimum atomic E-state index is -0.762. The molecule has 2 amide bonds. The zero-order valence-electron chi connectivity index (χ0n) is 11.6. The first-order valence-electron chi connectivity index (χ1n) is 6.12. The van der Waals surface area contributed by atoms with Crippen molar-refractivity contribution in [2.45, 2.75) is 19.9 Å². The van der Waals surface area contributed by atoms with E-state index in [0.717, 1.165) is 0 Å². The van der Waals surface area contributed by atoms with E-state index in [0.29, 0.717) is 5.69 Å². The highest BCUT2D eigenvalue weighted by atomic mass is 16.5. The van der Waals surface area contributed by atoms with E-state index in [1.807, 2.05) is 0 Å². The van der Waals surface area contributed by atoms with Crippen molar-refractivity contribution < 1.29 is 19.1 Å². The molecule has 0 aliphatic rings. The second-order valence-corrected chi connectivity index (χ2v) is 4.49. The number of nitrogens with one attached hydrogen (secondary N) is 2. The third-order valence-corrected chi connectivity index (χ3v) is 2.70. The first kappa shape index (κ1) is 15.7.